The highest BCUT2D eigenvalue weighted by atomic mass is 35.5. The molecule has 0 saturated heterocycles. The molecule has 2 rings (SSSR count). The largest absolute Gasteiger partial charge is 0.398 e. The van der Waals surface area contributed by atoms with Crippen LogP contribution in [0.2, 0.25) is 10.0 Å². The number of hydrogen-bond donors (Lipinski definition) is 1. The van der Waals surface area contributed by atoms with E-state index in [1.807, 2.05) is 19.1 Å². The highest BCUT2D eigenvalue weighted by Gasteiger charge is 2.06. The molecule has 0 radical (unpaired) electrons. The summed E-state index contributed by atoms with van der Waals surface area (Å²) in [5, 5.41) is 2.11. The third-order valence-electron chi connectivity index (χ3n) is 2.23. The number of anilines is 1. The Hall–Kier alpha value is -0.900. The molecule has 17 heavy (non-hydrogen) atoms. The predicted octanol–water partition coefficient (Wildman–Crippen LogP) is 4.43. The number of aromatic nitrogens is 1. The van der Waals surface area contributed by atoms with Gasteiger partial charge in [-0.1, -0.05) is 35.0 Å². The van der Waals surface area contributed by atoms with Crippen LogP contribution in [-0.2, 0) is 0 Å². The van der Waals surface area contributed by atoms with Gasteiger partial charge in [0.15, 0.2) is 0 Å². The van der Waals surface area contributed by atoms with Crippen LogP contribution in [0, 0.1) is 6.92 Å². The maximum Gasteiger partial charge on any atom is 0.103 e. The van der Waals surface area contributed by atoms with Crippen LogP contribution in [0.25, 0.3) is 0 Å². The molecular formula is C12H10Cl2N2S. The molecule has 88 valence electrons. The second kappa shape index (κ2) is 5.17. The first kappa shape index (κ1) is 12.6. The molecule has 0 aliphatic rings. The average Bonchev–Trinajstić information content (AvgIpc) is 2.29. The minimum Gasteiger partial charge on any atom is -0.398 e. The molecule has 2 nitrogen and oxygen atoms in total. The maximum atomic E-state index is 6.08. The first-order valence-electron chi connectivity index (χ1n) is 4.91. The molecule has 2 N–H and O–H groups in total. The van der Waals surface area contributed by atoms with Gasteiger partial charge in [0.25, 0.3) is 0 Å². The second-order valence-corrected chi connectivity index (χ2v) is 5.46. The number of aryl methyl sites for hydroxylation is 1. The van der Waals surface area contributed by atoms with Gasteiger partial charge in [-0.3, -0.25) is 0 Å². The fraction of sp³-hybridized carbons (Fsp3) is 0.0833. The minimum atomic E-state index is 0.650. The summed E-state index contributed by atoms with van der Waals surface area (Å²) in [5.41, 5.74) is 7.52. The zero-order valence-electron chi connectivity index (χ0n) is 9.08. The number of nitrogen functional groups attached to an aromatic ring is 1. The summed E-state index contributed by atoms with van der Waals surface area (Å²) in [5.74, 6) is 0. The van der Waals surface area contributed by atoms with E-state index in [2.05, 4.69) is 4.98 Å². The van der Waals surface area contributed by atoms with Crippen molar-refractivity contribution in [1.82, 2.24) is 4.98 Å². The number of hydrogen-bond acceptors (Lipinski definition) is 3. The Kier molecular flexibility index (Phi) is 3.82. The Morgan fingerprint density at radius 3 is 2.71 bits per heavy atom. The van der Waals surface area contributed by atoms with Crippen LogP contribution in [0.4, 0.5) is 5.69 Å². The highest BCUT2D eigenvalue weighted by molar-refractivity contribution is 7.99. The van der Waals surface area contributed by atoms with Crippen LogP contribution in [0.1, 0.15) is 5.56 Å². The van der Waals surface area contributed by atoms with Gasteiger partial charge in [-0.05, 0) is 36.8 Å². The lowest BCUT2D eigenvalue weighted by atomic mass is 10.3. The van der Waals surface area contributed by atoms with Gasteiger partial charge in [0.1, 0.15) is 5.03 Å². The molecule has 1 heterocycles. The summed E-state index contributed by atoms with van der Waals surface area (Å²) in [6.45, 7) is 1.92. The molecule has 1 aromatic carbocycles. The van der Waals surface area contributed by atoms with Crippen molar-refractivity contribution in [3.63, 3.8) is 0 Å². The lowest BCUT2D eigenvalue weighted by molar-refractivity contribution is 1.11. The number of pyridine rings is 1. The van der Waals surface area contributed by atoms with Crippen LogP contribution in [-0.4, -0.2) is 4.98 Å². The molecule has 0 amide bonds. The summed E-state index contributed by atoms with van der Waals surface area (Å²) < 4.78 is 0. The third kappa shape index (κ3) is 3.06. The van der Waals surface area contributed by atoms with Crippen molar-refractivity contribution in [2.75, 3.05) is 5.73 Å². The standard InChI is InChI=1S/C12H10Cl2N2S/c1-7-6-16-12(5-10(7)15)17-11-4-8(13)2-3-9(11)14/h2-6H,1H3,(H2,15,16). The first-order chi connectivity index (χ1) is 8.06. The molecular weight excluding hydrogens is 275 g/mol. The van der Waals surface area contributed by atoms with E-state index in [1.165, 1.54) is 11.8 Å². The van der Waals surface area contributed by atoms with E-state index in [4.69, 9.17) is 28.9 Å². The van der Waals surface area contributed by atoms with Crippen LogP contribution >= 0.6 is 35.0 Å². The minimum absolute atomic E-state index is 0.650. The number of nitrogens with zero attached hydrogens (tertiary/aromatic N) is 1. The van der Waals surface area contributed by atoms with Crippen molar-refractivity contribution < 1.29 is 0 Å². The van der Waals surface area contributed by atoms with E-state index in [-0.39, 0.29) is 0 Å². The molecule has 0 atom stereocenters. The molecule has 1 aromatic heterocycles. The van der Waals surface area contributed by atoms with Crippen molar-refractivity contribution in [1.29, 1.82) is 0 Å². The normalized spacial score (nSPS) is 10.5. The zero-order valence-corrected chi connectivity index (χ0v) is 11.4. The van der Waals surface area contributed by atoms with E-state index in [0.29, 0.717) is 10.0 Å². The Balaban J connectivity index is 2.31. The number of rotatable bonds is 2. The molecule has 0 aliphatic carbocycles. The predicted molar refractivity (Wildman–Crippen MR) is 74.0 cm³/mol. The summed E-state index contributed by atoms with van der Waals surface area (Å²) in [6, 6.07) is 7.16. The van der Waals surface area contributed by atoms with Crippen molar-refractivity contribution in [2.45, 2.75) is 16.8 Å². The molecule has 5 heteroatoms. The van der Waals surface area contributed by atoms with Gasteiger partial charge in [0.2, 0.25) is 0 Å². The van der Waals surface area contributed by atoms with Crippen LogP contribution in [0.3, 0.4) is 0 Å². The molecule has 0 fully saturated rings. The SMILES string of the molecule is Cc1cnc(Sc2cc(Cl)ccc2Cl)cc1N. The van der Waals surface area contributed by atoms with Gasteiger partial charge in [-0.2, -0.15) is 0 Å². The average molecular weight is 285 g/mol. The number of nitrogens with two attached hydrogens (primary N) is 1. The van der Waals surface area contributed by atoms with E-state index in [0.717, 1.165) is 21.2 Å². The quantitative estimate of drug-likeness (QED) is 0.887. The Morgan fingerprint density at radius 1 is 1.24 bits per heavy atom. The van der Waals surface area contributed by atoms with Gasteiger partial charge in [-0.15, -0.1) is 0 Å². The summed E-state index contributed by atoms with van der Waals surface area (Å²) in [7, 11) is 0. The van der Waals surface area contributed by atoms with E-state index in [1.54, 1.807) is 18.3 Å². The van der Waals surface area contributed by atoms with Crippen LogP contribution < -0.4 is 5.73 Å². The fourth-order valence-corrected chi connectivity index (χ4v) is 2.58. The van der Waals surface area contributed by atoms with Gasteiger partial charge in [-0.25, -0.2) is 4.98 Å². The molecule has 0 saturated carbocycles. The van der Waals surface area contributed by atoms with Gasteiger partial charge >= 0.3 is 0 Å². The molecule has 0 spiro atoms. The van der Waals surface area contributed by atoms with Crippen molar-refractivity contribution in [2.24, 2.45) is 0 Å². The van der Waals surface area contributed by atoms with Crippen LogP contribution in [0.5, 0.6) is 0 Å². The van der Waals surface area contributed by atoms with E-state index in [9.17, 15) is 0 Å². The zero-order chi connectivity index (χ0) is 12.4. The topological polar surface area (TPSA) is 38.9 Å². The van der Waals surface area contributed by atoms with Crippen molar-refractivity contribution in [3.8, 4) is 0 Å². The molecule has 0 aliphatic heterocycles. The summed E-state index contributed by atoms with van der Waals surface area (Å²) in [4.78, 5) is 5.16. The van der Waals surface area contributed by atoms with E-state index >= 15 is 0 Å². The highest BCUT2D eigenvalue weighted by Crippen LogP contribution is 2.34. The smallest absolute Gasteiger partial charge is 0.103 e. The first-order valence-corrected chi connectivity index (χ1v) is 6.48. The van der Waals surface area contributed by atoms with Gasteiger partial charge in [0, 0.05) is 21.8 Å². The van der Waals surface area contributed by atoms with Crippen molar-refractivity contribution in [3.05, 3.63) is 46.1 Å². The fourth-order valence-electron chi connectivity index (χ4n) is 1.24. The lowest BCUT2D eigenvalue weighted by Gasteiger charge is -2.06. The third-order valence-corrected chi connectivity index (χ3v) is 3.89. The molecule has 2 aromatic rings. The van der Waals surface area contributed by atoms with Crippen molar-refractivity contribution >= 4 is 40.7 Å². The van der Waals surface area contributed by atoms with Gasteiger partial charge in [0.05, 0.1) is 5.02 Å². The number of halogens is 2. The number of benzene rings is 1. The van der Waals surface area contributed by atoms with Gasteiger partial charge < -0.3 is 5.73 Å². The lowest BCUT2D eigenvalue weighted by Crippen LogP contribution is -1.91. The van der Waals surface area contributed by atoms with E-state index < -0.39 is 0 Å². The Bertz CT molecular complexity index is 558. The molecule has 0 bridgehead atoms. The maximum absolute atomic E-state index is 6.08. The monoisotopic (exact) mass is 284 g/mol. The second-order valence-electron chi connectivity index (χ2n) is 3.56. The Labute approximate surface area is 114 Å². The summed E-state index contributed by atoms with van der Waals surface area (Å²) >= 11 is 13.4. The van der Waals surface area contributed by atoms with Crippen LogP contribution in [0.15, 0.2) is 40.4 Å². The summed E-state index contributed by atoms with van der Waals surface area (Å²) in [6.07, 6.45) is 1.75. The molecule has 0 unspecified atom stereocenters. The Morgan fingerprint density at radius 2 is 2.00 bits per heavy atom.